The fourth-order valence-electron chi connectivity index (χ4n) is 2.53. The first-order chi connectivity index (χ1) is 11.7. The minimum atomic E-state index is -0.412. The van der Waals surface area contributed by atoms with E-state index >= 15 is 0 Å². The maximum Gasteiger partial charge on any atom is 0.270 e. The van der Waals surface area contributed by atoms with Crippen molar-refractivity contribution in [1.82, 2.24) is 4.98 Å². The first-order valence-electron chi connectivity index (χ1n) is 7.20. The summed E-state index contributed by atoms with van der Waals surface area (Å²) in [5, 5.41) is 7.18. The number of carbonyl (C=O) groups is 2. The average molecular weight is 353 g/mol. The van der Waals surface area contributed by atoms with Gasteiger partial charge in [-0.2, -0.15) is 0 Å². The van der Waals surface area contributed by atoms with Crippen molar-refractivity contribution in [1.29, 1.82) is 0 Å². The van der Waals surface area contributed by atoms with E-state index in [1.807, 2.05) is 35.0 Å². The molecule has 5 nitrogen and oxygen atoms in total. The standard InChI is InChI=1S/C17H11N3O2S2/c21-15-8-11(10-4-1-2-5-12(10)18-15)16(22)20-17-19-13(9-24-17)14-6-3-7-23-14/h1-10H,(H,19,20,22). The van der Waals surface area contributed by atoms with Gasteiger partial charge in [0.25, 0.3) is 11.8 Å². The van der Waals surface area contributed by atoms with Gasteiger partial charge in [-0.1, -0.05) is 24.3 Å². The minimum absolute atomic E-state index is 0.288. The monoisotopic (exact) mass is 353 g/mol. The van der Waals surface area contributed by atoms with Crippen LogP contribution in [0.3, 0.4) is 0 Å². The van der Waals surface area contributed by atoms with Crippen molar-refractivity contribution >= 4 is 45.3 Å². The molecule has 1 aliphatic heterocycles. The Morgan fingerprint density at radius 3 is 3.00 bits per heavy atom. The lowest BCUT2D eigenvalue weighted by Gasteiger charge is -2.21. The number of dihydropyridines is 1. The summed E-state index contributed by atoms with van der Waals surface area (Å²) < 4.78 is 0. The summed E-state index contributed by atoms with van der Waals surface area (Å²) in [6, 6.07) is 3.94. The smallest absolute Gasteiger partial charge is 0.270 e. The van der Waals surface area contributed by atoms with Crippen molar-refractivity contribution in [3.63, 3.8) is 0 Å². The summed E-state index contributed by atoms with van der Waals surface area (Å²) in [5.74, 6) is -1.03. The highest BCUT2D eigenvalue weighted by Crippen LogP contribution is 2.29. The molecule has 0 spiro atoms. The summed E-state index contributed by atoms with van der Waals surface area (Å²) in [6.07, 6.45) is 8.55. The predicted octanol–water partition coefficient (Wildman–Crippen LogP) is 3.46. The summed E-state index contributed by atoms with van der Waals surface area (Å²) in [5.41, 5.74) is 1.81. The van der Waals surface area contributed by atoms with Crippen LogP contribution in [0.15, 0.2) is 63.8 Å². The lowest BCUT2D eigenvalue weighted by Crippen LogP contribution is -2.28. The number of allylic oxidation sites excluding steroid dienone is 4. The van der Waals surface area contributed by atoms with Crippen molar-refractivity contribution in [2.24, 2.45) is 10.9 Å². The van der Waals surface area contributed by atoms with Gasteiger partial charge in [-0.15, -0.1) is 22.7 Å². The number of hydrogen-bond donors (Lipinski definition) is 1. The summed E-state index contributed by atoms with van der Waals surface area (Å²) in [6.45, 7) is 0. The Kier molecular flexibility index (Phi) is 3.79. The number of thiophene rings is 1. The van der Waals surface area contributed by atoms with E-state index in [4.69, 9.17) is 0 Å². The molecule has 1 atom stereocenters. The molecule has 2 aromatic heterocycles. The van der Waals surface area contributed by atoms with E-state index in [0.29, 0.717) is 16.4 Å². The van der Waals surface area contributed by atoms with Crippen LogP contribution in [0, 0.1) is 5.92 Å². The van der Waals surface area contributed by atoms with Gasteiger partial charge >= 0.3 is 0 Å². The van der Waals surface area contributed by atoms with Gasteiger partial charge in [-0.25, -0.2) is 9.98 Å². The van der Waals surface area contributed by atoms with Crippen LogP contribution >= 0.6 is 22.7 Å². The zero-order valence-corrected chi connectivity index (χ0v) is 13.9. The van der Waals surface area contributed by atoms with Crippen LogP contribution in [0.25, 0.3) is 10.6 Å². The molecular formula is C17H11N3O2S2. The largest absolute Gasteiger partial charge is 0.298 e. The quantitative estimate of drug-likeness (QED) is 0.918. The Labute approximate surface area is 145 Å². The molecule has 24 heavy (non-hydrogen) atoms. The van der Waals surface area contributed by atoms with Crippen LogP contribution in [0.5, 0.6) is 0 Å². The molecule has 0 saturated heterocycles. The highest BCUT2D eigenvalue weighted by atomic mass is 32.1. The van der Waals surface area contributed by atoms with Gasteiger partial charge in [-0.05, 0) is 17.5 Å². The molecule has 2 amide bonds. The van der Waals surface area contributed by atoms with Crippen molar-refractivity contribution in [2.45, 2.75) is 0 Å². The molecular weight excluding hydrogens is 342 g/mol. The van der Waals surface area contributed by atoms with Crippen LogP contribution < -0.4 is 5.32 Å². The molecule has 1 N–H and O–H groups in total. The minimum Gasteiger partial charge on any atom is -0.298 e. The zero-order valence-electron chi connectivity index (χ0n) is 12.3. The second-order valence-electron chi connectivity index (χ2n) is 5.17. The molecule has 0 aromatic carbocycles. The second kappa shape index (κ2) is 6.10. The molecule has 0 radical (unpaired) electrons. The highest BCUT2D eigenvalue weighted by molar-refractivity contribution is 7.16. The average Bonchev–Trinajstić information content (AvgIpc) is 3.25. The number of fused-ring (bicyclic) bond motifs is 1. The maximum absolute atomic E-state index is 12.6. The second-order valence-corrected chi connectivity index (χ2v) is 6.97. The number of nitrogens with zero attached hydrogens (tertiary/aromatic N) is 2. The fraction of sp³-hybridized carbons (Fsp3) is 0.0588. The van der Waals surface area contributed by atoms with Crippen LogP contribution in [0.1, 0.15) is 0 Å². The van der Waals surface area contributed by atoms with Gasteiger partial charge in [0.1, 0.15) is 0 Å². The Bertz CT molecular complexity index is 933. The van der Waals surface area contributed by atoms with Gasteiger partial charge in [0.2, 0.25) is 0 Å². The van der Waals surface area contributed by atoms with E-state index in [1.165, 1.54) is 17.4 Å². The summed E-state index contributed by atoms with van der Waals surface area (Å²) >= 11 is 2.95. The molecule has 2 aromatic rings. The normalized spacial score (nSPS) is 18.8. The third-order valence-corrected chi connectivity index (χ3v) is 5.26. The first-order valence-corrected chi connectivity index (χ1v) is 8.96. The van der Waals surface area contributed by atoms with Gasteiger partial charge in [0.15, 0.2) is 5.13 Å². The Morgan fingerprint density at radius 2 is 2.17 bits per heavy atom. The molecule has 118 valence electrons. The summed E-state index contributed by atoms with van der Waals surface area (Å²) in [4.78, 5) is 33.8. The number of aromatic nitrogens is 1. The Balaban J connectivity index is 1.55. The van der Waals surface area contributed by atoms with Crippen molar-refractivity contribution in [2.75, 3.05) is 5.32 Å². The van der Waals surface area contributed by atoms with E-state index < -0.39 is 5.91 Å². The van der Waals surface area contributed by atoms with Gasteiger partial charge in [-0.3, -0.25) is 14.9 Å². The number of hydrogen-bond acceptors (Lipinski definition) is 5. The lowest BCUT2D eigenvalue weighted by atomic mass is 9.87. The fourth-order valence-corrected chi connectivity index (χ4v) is 3.99. The van der Waals surface area contributed by atoms with E-state index in [1.54, 1.807) is 23.5 Å². The lowest BCUT2D eigenvalue weighted by molar-refractivity contribution is -0.116. The molecule has 0 fully saturated rings. The van der Waals surface area contributed by atoms with E-state index in [9.17, 15) is 9.59 Å². The molecule has 0 saturated carbocycles. The van der Waals surface area contributed by atoms with Crippen LogP contribution in [-0.2, 0) is 9.59 Å². The maximum atomic E-state index is 12.6. The van der Waals surface area contributed by atoms with Crippen molar-refractivity contribution in [3.8, 4) is 10.6 Å². The number of anilines is 1. The SMILES string of the molecule is O=C1C=C(C(=O)Nc2nc(-c3cccs3)cs2)C2C=CC=CC2=N1. The van der Waals surface area contributed by atoms with Gasteiger partial charge in [0.05, 0.1) is 22.2 Å². The summed E-state index contributed by atoms with van der Waals surface area (Å²) in [7, 11) is 0. The number of rotatable bonds is 3. The number of carbonyl (C=O) groups excluding carboxylic acids is 2. The third kappa shape index (κ3) is 2.79. The number of aliphatic imine (C=N–C) groups is 1. The van der Waals surface area contributed by atoms with Gasteiger partial charge < -0.3 is 0 Å². The Morgan fingerprint density at radius 1 is 1.25 bits per heavy atom. The first kappa shape index (κ1) is 14.9. The predicted molar refractivity (Wildman–Crippen MR) is 96.4 cm³/mol. The molecule has 1 unspecified atom stereocenters. The van der Waals surface area contributed by atoms with E-state index in [-0.39, 0.29) is 11.8 Å². The van der Waals surface area contributed by atoms with Crippen LogP contribution in [0.4, 0.5) is 5.13 Å². The van der Waals surface area contributed by atoms with Crippen molar-refractivity contribution < 1.29 is 9.59 Å². The third-order valence-electron chi connectivity index (χ3n) is 3.61. The van der Waals surface area contributed by atoms with Crippen LogP contribution in [-0.4, -0.2) is 22.5 Å². The Hall–Kier alpha value is -2.64. The van der Waals surface area contributed by atoms with E-state index in [2.05, 4.69) is 15.3 Å². The number of thiazole rings is 1. The molecule has 2 aliphatic rings. The molecule has 7 heteroatoms. The molecule has 1 aliphatic carbocycles. The zero-order chi connectivity index (χ0) is 16.5. The molecule has 0 bridgehead atoms. The highest BCUT2D eigenvalue weighted by Gasteiger charge is 2.28. The number of nitrogens with one attached hydrogen (secondary N) is 1. The van der Waals surface area contributed by atoms with Crippen molar-refractivity contribution in [3.05, 3.63) is 58.8 Å². The molecule has 3 heterocycles. The number of amides is 2. The van der Waals surface area contributed by atoms with E-state index in [0.717, 1.165) is 10.6 Å². The van der Waals surface area contributed by atoms with Gasteiger partial charge in [0, 0.05) is 17.0 Å². The van der Waals surface area contributed by atoms with Crippen LogP contribution in [0.2, 0.25) is 0 Å². The molecule has 4 rings (SSSR count). The topological polar surface area (TPSA) is 71.4 Å².